The Morgan fingerprint density at radius 3 is 2.14 bits per heavy atom. The number of allylic oxidation sites excluding steroid dienone is 2. The highest BCUT2D eigenvalue weighted by Crippen LogP contribution is 2.67. The van der Waals surface area contributed by atoms with Gasteiger partial charge in [0.2, 0.25) is 11.8 Å². The molecule has 232 valence electrons. The van der Waals surface area contributed by atoms with Crippen LogP contribution in [0.3, 0.4) is 0 Å². The average molecular weight is 708 g/mol. The summed E-state index contributed by atoms with van der Waals surface area (Å²) in [5.74, 6) is -5.21. The van der Waals surface area contributed by atoms with Gasteiger partial charge in [-0.2, -0.15) is 0 Å². The van der Waals surface area contributed by atoms with Gasteiger partial charge in [0, 0.05) is 30.2 Å². The lowest BCUT2D eigenvalue weighted by atomic mass is 9.56. The van der Waals surface area contributed by atoms with Crippen LogP contribution >= 0.6 is 39.1 Å². The molecule has 0 aromatic heterocycles. The number of carbonyl (C=O) groups is 4. The summed E-state index contributed by atoms with van der Waals surface area (Å²) in [6.45, 7) is 0.140. The van der Waals surface area contributed by atoms with Crippen molar-refractivity contribution < 1.29 is 38.9 Å². The predicted octanol–water partition coefficient (Wildman–Crippen LogP) is 4.07. The summed E-state index contributed by atoms with van der Waals surface area (Å²) in [5.41, 5.74) is 1.57. The number of ether oxygens (including phenoxy) is 2. The lowest BCUT2D eigenvalue weighted by Crippen LogP contribution is -2.60. The van der Waals surface area contributed by atoms with Crippen molar-refractivity contribution in [1.82, 2.24) is 9.80 Å². The minimum absolute atomic E-state index is 0.115. The fourth-order valence-electron chi connectivity index (χ4n) is 7.47. The number of hydrogen-bond acceptors (Lipinski definition) is 8. The van der Waals surface area contributed by atoms with Crippen LogP contribution in [0, 0.1) is 17.8 Å². The Bertz CT molecular complexity index is 1590. The molecule has 2 aromatic carbocycles. The number of phenols is 2. The molecule has 0 radical (unpaired) electrons. The second kappa shape index (κ2) is 11.0. The van der Waals surface area contributed by atoms with Gasteiger partial charge in [-0.3, -0.25) is 29.0 Å². The van der Waals surface area contributed by atoms with Crippen LogP contribution in [0.4, 0.5) is 0 Å². The van der Waals surface area contributed by atoms with E-state index in [-0.39, 0.29) is 59.7 Å². The van der Waals surface area contributed by atoms with Crippen molar-refractivity contribution in [3.63, 3.8) is 0 Å². The predicted molar refractivity (Wildman–Crippen MR) is 163 cm³/mol. The number of likely N-dealkylation sites (tertiary alicyclic amines) is 2. The summed E-state index contributed by atoms with van der Waals surface area (Å²) < 4.78 is 11.3. The van der Waals surface area contributed by atoms with Crippen LogP contribution in [-0.2, 0) is 25.6 Å². The van der Waals surface area contributed by atoms with Gasteiger partial charge in [-0.15, -0.1) is 23.2 Å². The third kappa shape index (κ3) is 4.19. The van der Waals surface area contributed by atoms with Gasteiger partial charge in [0.1, 0.15) is 23.0 Å². The summed E-state index contributed by atoms with van der Waals surface area (Å²) in [7, 11) is 2.77. The molecule has 10 nitrogen and oxygen atoms in total. The maximum Gasteiger partial charge on any atom is 0.254 e. The Morgan fingerprint density at radius 1 is 0.909 bits per heavy atom. The number of amides is 4. The Morgan fingerprint density at radius 2 is 1.55 bits per heavy atom. The smallest absolute Gasteiger partial charge is 0.254 e. The van der Waals surface area contributed by atoms with Crippen molar-refractivity contribution in [3.8, 4) is 23.0 Å². The van der Waals surface area contributed by atoms with Crippen LogP contribution in [0.15, 0.2) is 48.0 Å². The minimum atomic E-state index is -2.05. The van der Waals surface area contributed by atoms with Crippen molar-refractivity contribution >= 4 is 62.8 Å². The van der Waals surface area contributed by atoms with Crippen LogP contribution in [0.1, 0.15) is 29.9 Å². The fraction of sp³-hybridized carbons (Fsp3) is 0.419. The standard InChI is InChI=1S/C31H29BrCl2N2O8/c1-43-21-11-17(38)12-22(44-2)24(21)25-18-7-8-19-23(20(18)13-30(33)28(41)36(14-32)29(42)31(25,30)34)27(40)35(26(19)39)10-9-15-3-5-16(37)6-4-15/h3-7,11-12,19-20,23,25,37-38H,8-10,13-14H2,1-2H3. The number of fused-ring (bicyclic) bond motifs is 4. The molecule has 4 aliphatic rings. The first-order valence-electron chi connectivity index (χ1n) is 14.0. The van der Waals surface area contributed by atoms with E-state index in [0.717, 1.165) is 10.5 Å². The molecule has 2 aliphatic carbocycles. The highest BCUT2D eigenvalue weighted by atomic mass is 79.9. The van der Waals surface area contributed by atoms with Gasteiger partial charge >= 0.3 is 0 Å². The molecule has 6 rings (SSSR count). The molecule has 4 amide bonds. The normalized spacial score (nSPS) is 31.1. The number of hydrogen-bond donors (Lipinski definition) is 2. The molecule has 2 heterocycles. The Labute approximate surface area is 271 Å². The van der Waals surface area contributed by atoms with Gasteiger partial charge < -0.3 is 19.7 Å². The van der Waals surface area contributed by atoms with Gasteiger partial charge in [0.15, 0.2) is 9.75 Å². The zero-order valence-electron chi connectivity index (χ0n) is 23.8. The Kier molecular flexibility index (Phi) is 7.65. The first kappa shape index (κ1) is 30.7. The van der Waals surface area contributed by atoms with E-state index in [0.29, 0.717) is 17.6 Å². The molecule has 13 heteroatoms. The number of phenolic OH excluding ortho intramolecular Hbond substituents is 2. The molecular weight excluding hydrogens is 679 g/mol. The molecule has 6 atom stereocenters. The second-order valence-corrected chi connectivity index (χ2v) is 13.2. The second-order valence-electron chi connectivity index (χ2n) is 11.5. The van der Waals surface area contributed by atoms with Crippen molar-refractivity contribution in [3.05, 3.63) is 59.2 Å². The molecule has 2 aliphatic heterocycles. The summed E-state index contributed by atoms with van der Waals surface area (Å²) >= 11 is 17.8. The lowest BCUT2D eigenvalue weighted by Gasteiger charge is -2.51. The number of rotatable bonds is 7. The Hall–Kier alpha value is -3.28. The van der Waals surface area contributed by atoms with E-state index >= 15 is 0 Å². The first-order chi connectivity index (χ1) is 20.9. The van der Waals surface area contributed by atoms with E-state index < -0.39 is 45.2 Å². The number of carbonyl (C=O) groups excluding carboxylic acids is 4. The molecule has 2 N–H and O–H groups in total. The van der Waals surface area contributed by atoms with Crippen LogP contribution < -0.4 is 9.47 Å². The topological polar surface area (TPSA) is 134 Å². The summed E-state index contributed by atoms with van der Waals surface area (Å²) in [4.78, 5) is 53.8. The van der Waals surface area contributed by atoms with Crippen LogP contribution in [0.25, 0.3) is 0 Å². The molecule has 0 spiro atoms. The maximum atomic E-state index is 14.1. The van der Waals surface area contributed by atoms with Crippen LogP contribution in [0.2, 0.25) is 0 Å². The zero-order valence-corrected chi connectivity index (χ0v) is 26.9. The maximum absolute atomic E-state index is 14.1. The van der Waals surface area contributed by atoms with E-state index in [4.69, 9.17) is 32.7 Å². The highest BCUT2D eigenvalue weighted by molar-refractivity contribution is 9.09. The van der Waals surface area contributed by atoms with E-state index in [1.807, 2.05) is 6.08 Å². The van der Waals surface area contributed by atoms with Crippen molar-refractivity contribution in [1.29, 1.82) is 0 Å². The van der Waals surface area contributed by atoms with E-state index in [2.05, 4.69) is 15.9 Å². The monoisotopic (exact) mass is 706 g/mol. The summed E-state index contributed by atoms with van der Waals surface area (Å²) in [5, 5.41) is 20.0. The van der Waals surface area contributed by atoms with Gasteiger partial charge in [-0.05, 0) is 42.9 Å². The average Bonchev–Trinajstić information content (AvgIpc) is 3.33. The molecule has 6 unspecified atom stereocenters. The van der Waals surface area contributed by atoms with Gasteiger partial charge in [-0.25, -0.2) is 0 Å². The van der Waals surface area contributed by atoms with Crippen molar-refractivity contribution in [2.75, 3.05) is 26.2 Å². The summed E-state index contributed by atoms with van der Waals surface area (Å²) in [6.07, 6.45) is 2.28. The molecule has 44 heavy (non-hydrogen) atoms. The lowest BCUT2D eigenvalue weighted by molar-refractivity contribution is -0.141. The van der Waals surface area contributed by atoms with Gasteiger partial charge in [-0.1, -0.05) is 39.7 Å². The number of methoxy groups -OCH3 is 2. The van der Waals surface area contributed by atoms with Crippen LogP contribution in [0.5, 0.6) is 23.0 Å². The molecule has 3 fully saturated rings. The zero-order chi connectivity index (χ0) is 31.7. The fourth-order valence-corrected chi connectivity index (χ4v) is 8.88. The molecular formula is C31H29BrCl2N2O8. The first-order valence-corrected chi connectivity index (χ1v) is 15.9. The van der Waals surface area contributed by atoms with E-state index in [9.17, 15) is 29.4 Å². The number of benzene rings is 2. The van der Waals surface area contributed by atoms with Crippen molar-refractivity contribution in [2.45, 2.75) is 34.9 Å². The third-order valence-corrected chi connectivity index (χ3v) is 11.4. The largest absolute Gasteiger partial charge is 0.508 e. The van der Waals surface area contributed by atoms with E-state index in [1.54, 1.807) is 24.3 Å². The van der Waals surface area contributed by atoms with Gasteiger partial charge in [0.05, 0.1) is 31.5 Å². The van der Waals surface area contributed by atoms with Crippen LogP contribution in [-0.4, -0.2) is 79.6 Å². The van der Waals surface area contributed by atoms with E-state index in [1.165, 1.54) is 31.3 Å². The Balaban J connectivity index is 1.47. The van der Waals surface area contributed by atoms with Crippen molar-refractivity contribution in [2.24, 2.45) is 17.8 Å². The highest BCUT2D eigenvalue weighted by Gasteiger charge is 2.76. The van der Waals surface area contributed by atoms with Gasteiger partial charge in [0.25, 0.3) is 11.8 Å². The minimum Gasteiger partial charge on any atom is -0.508 e. The number of halogens is 3. The SMILES string of the molecule is COc1cc(O)cc(OC)c1C1C2=CCC3C(=O)N(CCc4ccc(O)cc4)C(=O)C3C2CC2(Cl)C(=O)N(CBr)C(=O)C12Cl. The number of aromatic hydroxyl groups is 2. The number of imide groups is 2. The molecule has 0 bridgehead atoms. The summed E-state index contributed by atoms with van der Waals surface area (Å²) in [6, 6.07) is 9.24. The molecule has 2 saturated heterocycles. The molecule has 1 saturated carbocycles. The quantitative estimate of drug-likeness (QED) is 0.191. The number of nitrogens with zero attached hydrogens (tertiary/aromatic N) is 2. The third-order valence-electron chi connectivity index (χ3n) is 9.48. The number of alkyl halides is 3. The molecule has 2 aromatic rings.